The lowest BCUT2D eigenvalue weighted by molar-refractivity contribution is 0.0216. The highest BCUT2D eigenvalue weighted by atomic mass is 32.1. The van der Waals surface area contributed by atoms with Gasteiger partial charge in [-0.05, 0) is 58.0 Å². The van der Waals surface area contributed by atoms with Gasteiger partial charge in [0.05, 0.1) is 5.00 Å². The van der Waals surface area contributed by atoms with Gasteiger partial charge in [-0.1, -0.05) is 0 Å². The Kier molecular flexibility index (Phi) is 4.77. The Balaban J connectivity index is 1.32. The van der Waals surface area contributed by atoms with Gasteiger partial charge in [0, 0.05) is 54.5 Å². The number of rotatable bonds is 3. The Labute approximate surface area is 170 Å². The third-order valence-electron chi connectivity index (χ3n) is 6.91. The number of hydrogen-bond acceptors (Lipinski definition) is 6. The Morgan fingerprint density at radius 1 is 1.14 bits per heavy atom. The molecule has 6 nitrogen and oxygen atoms in total. The second-order valence-electron chi connectivity index (χ2n) is 8.60. The number of pyridine rings is 1. The highest BCUT2D eigenvalue weighted by molar-refractivity contribution is 7.22. The molecule has 4 fully saturated rings. The molecular formula is C21H29N5OS. The van der Waals surface area contributed by atoms with E-state index in [0.717, 1.165) is 36.3 Å². The summed E-state index contributed by atoms with van der Waals surface area (Å²) >= 11 is 1.77. The van der Waals surface area contributed by atoms with Gasteiger partial charge in [-0.25, -0.2) is 0 Å². The van der Waals surface area contributed by atoms with Crippen molar-refractivity contribution < 1.29 is 4.79 Å². The highest BCUT2D eigenvalue weighted by Crippen LogP contribution is 2.34. The van der Waals surface area contributed by atoms with Crippen LogP contribution in [0.5, 0.6) is 0 Å². The fourth-order valence-corrected chi connectivity index (χ4v) is 6.12. The first-order chi connectivity index (χ1) is 13.6. The number of aromatic nitrogens is 1. The van der Waals surface area contributed by atoms with Gasteiger partial charge >= 0.3 is 0 Å². The van der Waals surface area contributed by atoms with Crippen molar-refractivity contribution in [2.24, 2.45) is 5.92 Å². The van der Waals surface area contributed by atoms with Crippen LogP contribution in [0.4, 0.5) is 5.00 Å². The number of piperidine rings is 3. The zero-order chi connectivity index (χ0) is 19.3. The third-order valence-corrected chi connectivity index (χ3v) is 8.07. The van der Waals surface area contributed by atoms with Crippen LogP contribution in [0.25, 0.3) is 10.1 Å². The molecule has 2 unspecified atom stereocenters. The summed E-state index contributed by atoms with van der Waals surface area (Å²) in [4.78, 5) is 24.7. The number of carbonyl (C=O) groups is 1. The fraction of sp³-hybridized carbons (Fsp3) is 0.619. The zero-order valence-corrected chi connectivity index (χ0v) is 17.5. The average molecular weight is 400 g/mol. The van der Waals surface area contributed by atoms with Crippen LogP contribution in [0, 0.1) is 5.92 Å². The van der Waals surface area contributed by atoms with Crippen LogP contribution < -0.4 is 10.2 Å². The summed E-state index contributed by atoms with van der Waals surface area (Å²) in [5.74, 6) is 0.584. The van der Waals surface area contributed by atoms with Crippen LogP contribution in [0.1, 0.15) is 30.3 Å². The average Bonchev–Trinajstić information content (AvgIpc) is 3.14. The van der Waals surface area contributed by atoms with E-state index in [1.165, 1.54) is 30.9 Å². The molecule has 4 aliphatic rings. The number of nitrogens with zero attached hydrogens (tertiary/aromatic N) is 4. The van der Waals surface area contributed by atoms with Crippen molar-refractivity contribution in [1.82, 2.24) is 20.1 Å². The van der Waals surface area contributed by atoms with E-state index in [0.29, 0.717) is 17.7 Å². The molecule has 2 aromatic heterocycles. The summed E-state index contributed by atoms with van der Waals surface area (Å²) in [6, 6.07) is 4.86. The van der Waals surface area contributed by atoms with Crippen LogP contribution in [-0.2, 0) is 0 Å². The predicted molar refractivity (Wildman–Crippen MR) is 114 cm³/mol. The number of thiophene rings is 1. The lowest BCUT2D eigenvalue weighted by Crippen LogP contribution is -2.62. The molecule has 6 heterocycles. The van der Waals surface area contributed by atoms with Crippen LogP contribution in [0.2, 0.25) is 0 Å². The molecule has 0 aromatic carbocycles. The van der Waals surface area contributed by atoms with Crippen LogP contribution in [0.3, 0.4) is 0 Å². The highest BCUT2D eigenvalue weighted by Gasteiger charge is 2.40. The van der Waals surface area contributed by atoms with Gasteiger partial charge in [-0.2, -0.15) is 0 Å². The van der Waals surface area contributed by atoms with E-state index < -0.39 is 0 Å². The number of likely N-dealkylation sites (N-methyl/N-ethyl adjacent to an activating group) is 1. The summed E-state index contributed by atoms with van der Waals surface area (Å²) in [6.45, 7) is 8.90. The smallest absolute Gasteiger partial charge is 0.270 e. The summed E-state index contributed by atoms with van der Waals surface area (Å²) in [5.41, 5.74) is 0.544. The first-order valence-corrected chi connectivity index (χ1v) is 11.3. The minimum Gasteiger partial charge on any atom is -0.361 e. The number of piperazine rings is 1. The zero-order valence-electron chi connectivity index (χ0n) is 16.7. The molecule has 28 heavy (non-hydrogen) atoms. The second-order valence-corrected chi connectivity index (χ2v) is 9.66. The molecule has 0 aliphatic carbocycles. The minimum atomic E-state index is -0.0259. The summed E-state index contributed by atoms with van der Waals surface area (Å²) in [6.07, 6.45) is 4.25. The standard InChI is InChI=1S/C21H29N5OS/c1-14-20(15-3-5-25(14)6-4-15)23-21(27)17-12-18-16(13-22-17)11-19(28-18)26-9-7-24(2)8-10-26/h11-15,20H,3-10H2,1-2H3,(H,23,27). The van der Waals surface area contributed by atoms with Gasteiger partial charge in [0.1, 0.15) is 5.69 Å². The summed E-state index contributed by atoms with van der Waals surface area (Å²) < 4.78 is 1.15. The first-order valence-electron chi connectivity index (χ1n) is 10.5. The molecule has 4 saturated heterocycles. The predicted octanol–water partition coefficient (Wildman–Crippen LogP) is 2.26. The van der Waals surface area contributed by atoms with Crippen molar-refractivity contribution in [1.29, 1.82) is 0 Å². The van der Waals surface area contributed by atoms with Gasteiger partial charge in [0.25, 0.3) is 5.91 Å². The molecule has 0 saturated carbocycles. The SMILES string of the molecule is CC1C(NC(=O)c2cc3sc(N4CCN(C)CC4)cc3cn2)C2CCN1CC2. The van der Waals surface area contributed by atoms with Crippen molar-refractivity contribution in [3.8, 4) is 0 Å². The van der Waals surface area contributed by atoms with Gasteiger partial charge in [-0.3, -0.25) is 14.7 Å². The maximum absolute atomic E-state index is 12.9. The van der Waals surface area contributed by atoms with Crippen molar-refractivity contribution in [3.05, 3.63) is 24.0 Å². The number of amides is 1. The molecule has 0 spiro atoms. The third kappa shape index (κ3) is 3.29. The normalized spacial score (nSPS) is 30.7. The van der Waals surface area contributed by atoms with Crippen molar-refractivity contribution in [2.45, 2.75) is 31.8 Å². The number of fused-ring (bicyclic) bond motifs is 4. The minimum absolute atomic E-state index is 0.0259. The monoisotopic (exact) mass is 399 g/mol. The van der Waals surface area contributed by atoms with Gasteiger partial charge in [0.15, 0.2) is 0 Å². The summed E-state index contributed by atoms with van der Waals surface area (Å²) in [5, 5.41) is 5.72. The maximum Gasteiger partial charge on any atom is 0.270 e. The van der Waals surface area contributed by atoms with Crippen LogP contribution in [0.15, 0.2) is 18.3 Å². The Morgan fingerprint density at radius 3 is 2.61 bits per heavy atom. The number of hydrogen-bond donors (Lipinski definition) is 1. The maximum atomic E-state index is 12.9. The van der Waals surface area contributed by atoms with Crippen LogP contribution >= 0.6 is 11.3 Å². The fourth-order valence-electron chi connectivity index (χ4n) is 5.00. The van der Waals surface area contributed by atoms with E-state index >= 15 is 0 Å². The molecule has 2 bridgehead atoms. The van der Waals surface area contributed by atoms with Gasteiger partial charge < -0.3 is 15.1 Å². The van der Waals surface area contributed by atoms with E-state index in [-0.39, 0.29) is 11.9 Å². The van der Waals surface area contributed by atoms with Crippen molar-refractivity contribution in [3.63, 3.8) is 0 Å². The van der Waals surface area contributed by atoms with Crippen LogP contribution in [-0.4, -0.2) is 79.1 Å². The van der Waals surface area contributed by atoms with E-state index in [2.05, 4.69) is 45.0 Å². The number of anilines is 1. The van der Waals surface area contributed by atoms with Gasteiger partial charge in [0.2, 0.25) is 0 Å². The first kappa shape index (κ1) is 18.3. The molecule has 1 N–H and O–H groups in total. The number of nitrogens with one attached hydrogen (secondary N) is 1. The Hall–Kier alpha value is -1.70. The number of carbonyl (C=O) groups excluding carboxylic acids is 1. The molecule has 1 amide bonds. The second kappa shape index (κ2) is 7.28. The van der Waals surface area contributed by atoms with E-state index in [9.17, 15) is 4.79 Å². The molecule has 7 heteroatoms. The lowest BCUT2D eigenvalue weighted by Gasteiger charge is -2.49. The van der Waals surface area contributed by atoms with E-state index in [1.807, 2.05) is 12.3 Å². The molecule has 150 valence electrons. The largest absolute Gasteiger partial charge is 0.361 e. The molecule has 4 aliphatic heterocycles. The van der Waals surface area contributed by atoms with Crippen molar-refractivity contribution in [2.75, 3.05) is 51.2 Å². The molecule has 2 aromatic rings. The molecule has 0 radical (unpaired) electrons. The van der Waals surface area contributed by atoms with Crippen molar-refractivity contribution >= 4 is 32.3 Å². The molecule has 2 atom stereocenters. The van der Waals surface area contributed by atoms with Gasteiger partial charge in [-0.15, -0.1) is 11.3 Å². The van der Waals surface area contributed by atoms with E-state index in [1.54, 1.807) is 11.3 Å². The Morgan fingerprint density at radius 2 is 1.89 bits per heavy atom. The quantitative estimate of drug-likeness (QED) is 0.858. The lowest BCUT2D eigenvalue weighted by atomic mass is 9.79. The molecule has 6 rings (SSSR count). The molecular weight excluding hydrogens is 370 g/mol. The summed E-state index contributed by atoms with van der Waals surface area (Å²) in [7, 11) is 2.17. The Bertz CT molecular complexity index is 865. The van der Waals surface area contributed by atoms with E-state index in [4.69, 9.17) is 0 Å². The topological polar surface area (TPSA) is 51.7 Å².